The quantitative estimate of drug-likeness (QED) is 0.645. The van der Waals surface area contributed by atoms with Crippen molar-refractivity contribution >= 4 is 11.6 Å². The average molecular weight is 207 g/mol. The SMILES string of the molecule is Clc1ccccc1C1C2CCC1CC2. The highest BCUT2D eigenvalue weighted by molar-refractivity contribution is 6.31. The van der Waals surface area contributed by atoms with E-state index in [1.165, 1.54) is 31.2 Å². The lowest BCUT2D eigenvalue weighted by molar-refractivity contribution is 0.480. The van der Waals surface area contributed by atoms with Gasteiger partial charge in [0.05, 0.1) is 0 Å². The van der Waals surface area contributed by atoms with Gasteiger partial charge in [-0.15, -0.1) is 0 Å². The Bertz CT molecular complexity index is 325. The summed E-state index contributed by atoms with van der Waals surface area (Å²) < 4.78 is 0. The van der Waals surface area contributed by atoms with Gasteiger partial charge >= 0.3 is 0 Å². The molecule has 2 saturated carbocycles. The molecule has 74 valence electrons. The number of rotatable bonds is 1. The fraction of sp³-hybridized carbons (Fsp3) is 0.538. The molecule has 0 spiro atoms. The molecule has 0 atom stereocenters. The summed E-state index contributed by atoms with van der Waals surface area (Å²) in [7, 11) is 0. The molecule has 0 heterocycles. The molecule has 0 nitrogen and oxygen atoms in total. The minimum atomic E-state index is 0.781. The van der Waals surface area contributed by atoms with Crippen LogP contribution in [0, 0.1) is 11.8 Å². The van der Waals surface area contributed by atoms with Crippen molar-refractivity contribution in [1.82, 2.24) is 0 Å². The number of hydrogen-bond donors (Lipinski definition) is 0. The summed E-state index contributed by atoms with van der Waals surface area (Å²) in [5, 5.41) is 0.983. The second-order valence-electron chi connectivity index (χ2n) is 4.72. The van der Waals surface area contributed by atoms with Gasteiger partial charge in [-0.1, -0.05) is 29.8 Å². The summed E-state index contributed by atoms with van der Waals surface area (Å²) in [6.45, 7) is 0. The summed E-state index contributed by atoms with van der Waals surface area (Å²) in [6.07, 6.45) is 5.72. The summed E-state index contributed by atoms with van der Waals surface area (Å²) >= 11 is 6.26. The van der Waals surface area contributed by atoms with Crippen molar-refractivity contribution in [3.63, 3.8) is 0 Å². The molecule has 0 aliphatic heterocycles. The minimum absolute atomic E-state index is 0.781. The topological polar surface area (TPSA) is 0 Å². The molecule has 2 aliphatic carbocycles. The number of halogens is 1. The first kappa shape index (κ1) is 8.79. The van der Waals surface area contributed by atoms with Gasteiger partial charge in [-0.3, -0.25) is 0 Å². The maximum atomic E-state index is 6.26. The molecule has 0 radical (unpaired) electrons. The zero-order valence-electron chi connectivity index (χ0n) is 8.25. The zero-order valence-corrected chi connectivity index (χ0v) is 9.00. The van der Waals surface area contributed by atoms with Gasteiger partial charge in [-0.25, -0.2) is 0 Å². The van der Waals surface area contributed by atoms with Crippen molar-refractivity contribution in [2.75, 3.05) is 0 Å². The molecule has 2 aliphatic rings. The predicted octanol–water partition coefficient (Wildman–Crippen LogP) is 4.24. The molecule has 1 aromatic rings. The molecular weight excluding hydrogens is 192 g/mol. The fourth-order valence-corrected chi connectivity index (χ4v) is 3.76. The van der Waals surface area contributed by atoms with Crippen LogP contribution >= 0.6 is 11.6 Å². The van der Waals surface area contributed by atoms with Gasteiger partial charge in [-0.05, 0) is 55.1 Å². The van der Waals surface area contributed by atoms with Crippen LogP contribution in [0.3, 0.4) is 0 Å². The first-order valence-corrected chi connectivity index (χ1v) is 5.98. The van der Waals surface area contributed by atoms with E-state index < -0.39 is 0 Å². The highest BCUT2D eigenvalue weighted by Crippen LogP contribution is 2.55. The van der Waals surface area contributed by atoms with Crippen LogP contribution in [-0.2, 0) is 0 Å². The van der Waals surface area contributed by atoms with Crippen molar-refractivity contribution in [3.05, 3.63) is 34.9 Å². The highest BCUT2D eigenvalue weighted by atomic mass is 35.5. The third kappa shape index (κ3) is 1.20. The highest BCUT2D eigenvalue weighted by Gasteiger charge is 2.42. The van der Waals surface area contributed by atoms with E-state index in [1.54, 1.807) is 0 Å². The molecule has 2 fully saturated rings. The Morgan fingerprint density at radius 2 is 1.50 bits per heavy atom. The Hall–Kier alpha value is -0.490. The summed E-state index contributed by atoms with van der Waals surface area (Å²) in [5.74, 6) is 2.64. The summed E-state index contributed by atoms with van der Waals surface area (Å²) in [6, 6.07) is 8.42. The fourth-order valence-electron chi connectivity index (χ4n) is 3.50. The molecule has 3 rings (SSSR count). The molecule has 2 bridgehead atoms. The van der Waals surface area contributed by atoms with Crippen molar-refractivity contribution in [2.45, 2.75) is 31.6 Å². The van der Waals surface area contributed by atoms with E-state index in [4.69, 9.17) is 11.6 Å². The van der Waals surface area contributed by atoms with Crippen LogP contribution in [0.5, 0.6) is 0 Å². The van der Waals surface area contributed by atoms with E-state index in [1.807, 2.05) is 12.1 Å². The van der Waals surface area contributed by atoms with Gasteiger partial charge < -0.3 is 0 Å². The van der Waals surface area contributed by atoms with Gasteiger partial charge in [0.15, 0.2) is 0 Å². The third-order valence-electron chi connectivity index (χ3n) is 4.10. The molecule has 1 heteroatoms. The number of fused-ring (bicyclic) bond motifs is 2. The second kappa shape index (κ2) is 3.27. The second-order valence-corrected chi connectivity index (χ2v) is 5.13. The van der Waals surface area contributed by atoms with Gasteiger partial charge in [0.1, 0.15) is 0 Å². The Morgan fingerprint density at radius 1 is 0.929 bits per heavy atom. The maximum absolute atomic E-state index is 6.26. The average Bonchev–Trinajstić information content (AvgIpc) is 2.78. The van der Waals surface area contributed by atoms with Gasteiger partial charge in [-0.2, -0.15) is 0 Å². The lowest BCUT2D eigenvalue weighted by atomic mass is 9.89. The van der Waals surface area contributed by atoms with Crippen LogP contribution < -0.4 is 0 Å². The van der Waals surface area contributed by atoms with E-state index in [9.17, 15) is 0 Å². The first-order chi connectivity index (χ1) is 6.86. The van der Waals surface area contributed by atoms with Crippen molar-refractivity contribution < 1.29 is 0 Å². The van der Waals surface area contributed by atoms with Crippen LogP contribution in [-0.4, -0.2) is 0 Å². The van der Waals surface area contributed by atoms with E-state index >= 15 is 0 Å². The molecule has 0 saturated heterocycles. The van der Waals surface area contributed by atoms with E-state index in [-0.39, 0.29) is 0 Å². The monoisotopic (exact) mass is 206 g/mol. The van der Waals surface area contributed by atoms with Crippen molar-refractivity contribution in [3.8, 4) is 0 Å². The van der Waals surface area contributed by atoms with Crippen LogP contribution in [0.4, 0.5) is 0 Å². The maximum Gasteiger partial charge on any atom is 0.0441 e. The molecule has 14 heavy (non-hydrogen) atoms. The number of hydrogen-bond acceptors (Lipinski definition) is 0. The van der Waals surface area contributed by atoms with E-state index in [2.05, 4.69) is 12.1 Å². The summed E-state index contributed by atoms with van der Waals surface area (Å²) in [4.78, 5) is 0. The minimum Gasteiger partial charge on any atom is -0.0840 e. The lowest BCUT2D eigenvalue weighted by Crippen LogP contribution is -2.04. The van der Waals surface area contributed by atoms with Crippen molar-refractivity contribution in [1.29, 1.82) is 0 Å². The standard InChI is InChI=1S/C13H15Cl/c14-12-4-2-1-3-11(12)13-9-5-6-10(13)8-7-9/h1-4,9-10,13H,5-8H2. The van der Waals surface area contributed by atoms with Crippen LogP contribution in [0.25, 0.3) is 0 Å². The largest absolute Gasteiger partial charge is 0.0840 e. The Balaban J connectivity index is 2.00. The molecular formula is C13H15Cl. The zero-order chi connectivity index (χ0) is 9.54. The molecule has 0 unspecified atom stereocenters. The molecule has 0 aromatic heterocycles. The first-order valence-electron chi connectivity index (χ1n) is 5.60. The smallest absolute Gasteiger partial charge is 0.0441 e. The normalized spacial score (nSPS) is 35.1. The Kier molecular flexibility index (Phi) is 2.05. The molecule has 0 amide bonds. The lowest BCUT2D eigenvalue weighted by Gasteiger charge is -2.17. The van der Waals surface area contributed by atoms with E-state index in [0.717, 1.165) is 22.8 Å². The molecule has 1 aromatic carbocycles. The van der Waals surface area contributed by atoms with Crippen LogP contribution in [0.1, 0.15) is 37.2 Å². The van der Waals surface area contributed by atoms with Gasteiger partial charge in [0.2, 0.25) is 0 Å². The van der Waals surface area contributed by atoms with Gasteiger partial charge in [0, 0.05) is 5.02 Å². The Morgan fingerprint density at radius 3 is 2.07 bits per heavy atom. The predicted molar refractivity (Wildman–Crippen MR) is 59.6 cm³/mol. The van der Waals surface area contributed by atoms with Crippen molar-refractivity contribution in [2.24, 2.45) is 11.8 Å². The van der Waals surface area contributed by atoms with Crippen LogP contribution in [0.15, 0.2) is 24.3 Å². The molecule has 0 N–H and O–H groups in total. The Labute approximate surface area is 90.3 Å². The van der Waals surface area contributed by atoms with Crippen LogP contribution in [0.2, 0.25) is 5.02 Å². The number of benzene rings is 1. The van der Waals surface area contributed by atoms with E-state index in [0.29, 0.717) is 0 Å². The summed E-state index contributed by atoms with van der Waals surface area (Å²) in [5.41, 5.74) is 1.42. The van der Waals surface area contributed by atoms with Gasteiger partial charge in [0.25, 0.3) is 0 Å². The third-order valence-corrected chi connectivity index (χ3v) is 4.44.